The number of aromatic nitrogens is 3. The largest absolute Gasteiger partial charge is 0.354 e. The zero-order valence-corrected chi connectivity index (χ0v) is 18.9. The van der Waals surface area contributed by atoms with E-state index in [1.54, 1.807) is 22.9 Å². The van der Waals surface area contributed by atoms with E-state index in [-0.39, 0.29) is 18.5 Å². The van der Waals surface area contributed by atoms with Gasteiger partial charge in [-0.1, -0.05) is 65.7 Å². The molecule has 4 aromatic rings. The molecule has 0 aliphatic carbocycles. The summed E-state index contributed by atoms with van der Waals surface area (Å²) < 4.78 is 23.1. The van der Waals surface area contributed by atoms with Crippen molar-refractivity contribution < 1.29 is 9.13 Å². The van der Waals surface area contributed by atoms with E-state index in [1.807, 2.05) is 42.5 Å². The standard InChI is InChI=1S/C23H17Cl2FN4OS/c24-18-7-3-1-5-16(18)20-23(31-20,14-9-11-15(26)12-10-14)13-29-22(32)30(27)21(28-29)17-6-2-4-8-19(17)25/h1-12,20H,13,27H2/t20-,23-/m0/s1. The van der Waals surface area contributed by atoms with Crippen molar-refractivity contribution in [2.45, 2.75) is 18.2 Å². The van der Waals surface area contributed by atoms with Crippen LogP contribution in [0.15, 0.2) is 72.8 Å². The average Bonchev–Trinajstić information content (AvgIpc) is 3.44. The Labute approximate surface area is 198 Å². The van der Waals surface area contributed by atoms with Crippen LogP contribution in [0.3, 0.4) is 0 Å². The summed E-state index contributed by atoms with van der Waals surface area (Å²) in [6, 6.07) is 20.9. The Morgan fingerprint density at radius 2 is 1.66 bits per heavy atom. The summed E-state index contributed by atoms with van der Waals surface area (Å²) in [5.41, 5.74) is 1.46. The molecular formula is C23H17Cl2FN4OS. The van der Waals surface area contributed by atoms with Gasteiger partial charge < -0.3 is 10.6 Å². The molecule has 3 aromatic carbocycles. The molecule has 1 aliphatic heterocycles. The van der Waals surface area contributed by atoms with Gasteiger partial charge in [-0.2, -0.15) is 0 Å². The van der Waals surface area contributed by atoms with Crippen molar-refractivity contribution in [2.24, 2.45) is 0 Å². The summed E-state index contributed by atoms with van der Waals surface area (Å²) in [5, 5.41) is 5.74. The van der Waals surface area contributed by atoms with Crippen molar-refractivity contribution in [1.29, 1.82) is 0 Å². The van der Waals surface area contributed by atoms with Gasteiger partial charge >= 0.3 is 0 Å². The molecule has 5 rings (SSSR count). The maximum atomic E-state index is 13.6. The van der Waals surface area contributed by atoms with E-state index >= 15 is 0 Å². The van der Waals surface area contributed by atoms with Crippen LogP contribution in [0.1, 0.15) is 17.2 Å². The van der Waals surface area contributed by atoms with Gasteiger partial charge in [-0.25, -0.2) is 13.7 Å². The van der Waals surface area contributed by atoms with Crippen LogP contribution in [0.5, 0.6) is 0 Å². The van der Waals surface area contributed by atoms with Gasteiger partial charge in [0.25, 0.3) is 0 Å². The maximum absolute atomic E-state index is 13.6. The molecule has 0 radical (unpaired) electrons. The number of hydrogen-bond donors (Lipinski definition) is 1. The summed E-state index contributed by atoms with van der Waals surface area (Å²) in [6.45, 7) is 0.259. The molecule has 5 nitrogen and oxygen atoms in total. The van der Waals surface area contributed by atoms with Crippen LogP contribution in [0.25, 0.3) is 11.4 Å². The molecule has 1 aliphatic rings. The minimum absolute atomic E-state index is 0.259. The predicted octanol–water partition coefficient (Wildman–Crippen LogP) is 5.91. The van der Waals surface area contributed by atoms with E-state index in [2.05, 4.69) is 5.10 Å². The molecular weight excluding hydrogens is 470 g/mol. The third kappa shape index (κ3) is 3.51. The molecule has 32 heavy (non-hydrogen) atoms. The lowest BCUT2D eigenvalue weighted by Crippen LogP contribution is -2.21. The Kier molecular flexibility index (Phi) is 5.29. The van der Waals surface area contributed by atoms with Crippen LogP contribution in [0.2, 0.25) is 10.0 Å². The Balaban J connectivity index is 1.59. The van der Waals surface area contributed by atoms with Crippen molar-refractivity contribution in [1.82, 2.24) is 14.5 Å². The first-order valence-electron chi connectivity index (χ1n) is 9.79. The quantitative estimate of drug-likeness (QED) is 0.216. The SMILES string of the molecule is Nn1c(-c2ccccc2Cl)nn(C[C@@]2(c3ccc(F)cc3)O[C@H]2c2ccccc2Cl)c1=S. The van der Waals surface area contributed by atoms with E-state index in [0.29, 0.717) is 26.2 Å². The first-order chi connectivity index (χ1) is 15.4. The predicted molar refractivity (Wildman–Crippen MR) is 125 cm³/mol. The van der Waals surface area contributed by atoms with Crippen LogP contribution >= 0.6 is 35.4 Å². The highest BCUT2D eigenvalue weighted by atomic mass is 35.5. The Morgan fingerprint density at radius 1 is 1.00 bits per heavy atom. The topological polar surface area (TPSA) is 61.3 Å². The zero-order chi connectivity index (χ0) is 22.5. The minimum atomic E-state index is -0.830. The third-order valence-electron chi connectivity index (χ3n) is 5.58. The van der Waals surface area contributed by atoms with Gasteiger partial charge in [0.2, 0.25) is 4.77 Å². The number of epoxide rings is 1. The molecule has 0 spiro atoms. The van der Waals surface area contributed by atoms with Crippen molar-refractivity contribution in [3.63, 3.8) is 0 Å². The first kappa shape index (κ1) is 21.2. The smallest absolute Gasteiger partial charge is 0.217 e. The zero-order valence-electron chi connectivity index (χ0n) is 16.6. The van der Waals surface area contributed by atoms with Crippen molar-refractivity contribution in [2.75, 3.05) is 5.84 Å². The Hall–Kier alpha value is -2.71. The second-order valence-electron chi connectivity index (χ2n) is 7.53. The van der Waals surface area contributed by atoms with Crippen molar-refractivity contribution in [3.05, 3.63) is 105 Å². The lowest BCUT2D eigenvalue weighted by Gasteiger charge is -2.14. The molecule has 0 saturated carbocycles. The average molecular weight is 487 g/mol. The molecule has 2 heterocycles. The molecule has 0 bridgehead atoms. The second-order valence-corrected chi connectivity index (χ2v) is 8.71. The number of ether oxygens (including phenoxy) is 1. The molecule has 1 fully saturated rings. The van der Waals surface area contributed by atoms with E-state index in [4.69, 9.17) is 46.0 Å². The van der Waals surface area contributed by atoms with Crippen molar-refractivity contribution >= 4 is 35.4 Å². The second kappa shape index (κ2) is 8.01. The summed E-state index contributed by atoms with van der Waals surface area (Å²) >= 11 is 18.3. The number of nitrogen functional groups attached to an aromatic ring is 1. The van der Waals surface area contributed by atoms with Crippen LogP contribution in [-0.2, 0) is 16.9 Å². The van der Waals surface area contributed by atoms with Gasteiger partial charge in [-0.3, -0.25) is 0 Å². The van der Waals surface area contributed by atoms with Gasteiger partial charge in [0, 0.05) is 16.1 Å². The third-order valence-corrected chi connectivity index (χ3v) is 6.67. The number of hydrogen-bond acceptors (Lipinski definition) is 4. The monoisotopic (exact) mass is 486 g/mol. The Morgan fingerprint density at radius 3 is 2.34 bits per heavy atom. The molecule has 0 unspecified atom stereocenters. The van der Waals surface area contributed by atoms with Gasteiger partial charge in [0.15, 0.2) is 5.82 Å². The molecule has 9 heteroatoms. The fraction of sp³-hybridized carbons (Fsp3) is 0.130. The molecule has 2 N–H and O–H groups in total. The summed E-state index contributed by atoms with van der Waals surface area (Å²) in [4.78, 5) is 0. The molecule has 2 atom stereocenters. The van der Waals surface area contributed by atoms with Crippen molar-refractivity contribution in [3.8, 4) is 11.4 Å². The number of benzene rings is 3. The molecule has 0 amide bonds. The van der Waals surface area contributed by atoms with E-state index in [0.717, 1.165) is 11.1 Å². The van der Waals surface area contributed by atoms with E-state index < -0.39 is 5.60 Å². The normalized spacial score (nSPS) is 19.8. The van der Waals surface area contributed by atoms with Crippen LogP contribution in [0, 0.1) is 10.6 Å². The highest BCUT2D eigenvalue weighted by Gasteiger charge is 2.59. The lowest BCUT2D eigenvalue weighted by atomic mass is 9.91. The fourth-order valence-corrected chi connectivity index (χ4v) is 4.56. The number of halogens is 3. The molecule has 1 saturated heterocycles. The molecule has 1 aromatic heterocycles. The minimum Gasteiger partial charge on any atom is -0.354 e. The summed E-state index contributed by atoms with van der Waals surface area (Å²) in [5.74, 6) is 6.34. The van der Waals surface area contributed by atoms with Gasteiger partial charge in [0.1, 0.15) is 17.5 Å². The Bertz CT molecular complexity index is 1370. The van der Waals surface area contributed by atoms with Crippen LogP contribution in [0.4, 0.5) is 4.39 Å². The van der Waals surface area contributed by atoms with Gasteiger partial charge in [-0.15, -0.1) is 5.10 Å². The first-order valence-corrected chi connectivity index (χ1v) is 11.0. The van der Waals surface area contributed by atoms with Gasteiger partial charge in [-0.05, 0) is 48.1 Å². The molecule has 162 valence electrons. The number of nitrogens with two attached hydrogens (primary N) is 1. The van der Waals surface area contributed by atoms with Crippen LogP contribution in [-0.4, -0.2) is 14.5 Å². The number of nitrogens with zero attached hydrogens (tertiary/aromatic N) is 3. The summed E-state index contributed by atoms with van der Waals surface area (Å²) in [7, 11) is 0. The fourth-order valence-electron chi connectivity index (χ4n) is 3.91. The lowest BCUT2D eigenvalue weighted by molar-refractivity contribution is 0.261. The van der Waals surface area contributed by atoms with E-state index in [1.165, 1.54) is 16.8 Å². The maximum Gasteiger partial charge on any atom is 0.217 e. The van der Waals surface area contributed by atoms with E-state index in [9.17, 15) is 4.39 Å². The highest BCUT2D eigenvalue weighted by Crippen LogP contribution is 2.59. The van der Waals surface area contributed by atoms with Gasteiger partial charge in [0.05, 0.1) is 11.6 Å². The van der Waals surface area contributed by atoms with Crippen LogP contribution < -0.4 is 5.84 Å². The number of rotatable bonds is 5. The summed E-state index contributed by atoms with van der Waals surface area (Å²) in [6.07, 6.45) is -0.352. The highest BCUT2D eigenvalue weighted by molar-refractivity contribution is 7.71.